The lowest BCUT2D eigenvalue weighted by molar-refractivity contribution is -0.136. The average molecular weight is 899 g/mol. The molecule has 1 unspecified atom stereocenters. The van der Waals surface area contributed by atoms with Crippen LogP contribution in [0.15, 0.2) is 52.9 Å². The van der Waals surface area contributed by atoms with Gasteiger partial charge in [-0.2, -0.15) is 4.98 Å². The van der Waals surface area contributed by atoms with Gasteiger partial charge in [-0.15, -0.1) is 0 Å². The highest BCUT2D eigenvalue weighted by atomic mass is 35.5. The van der Waals surface area contributed by atoms with E-state index in [9.17, 15) is 19.2 Å². The lowest BCUT2D eigenvalue weighted by Crippen LogP contribution is -2.59. The first kappa shape index (κ1) is 40.9. The van der Waals surface area contributed by atoms with Crippen molar-refractivity contribution in [3.8, 4) is 5.75 Å². The van der Waals surface area contributed by atoms with Gasteiger partial charge in [-0.05, 0) is 138 Å². The number of carbonyl (C=O) groups is 3. The lowest BCUT2D eigenvalue weighted by atomic mass is 9.59. The number of amides is 3. The second kappa shape index (κ2) is 15.1. The predicted molar refractivity (Wildman–Crippen MR) is 248 cm³/mol. The Bertz CT molecular complexity index is 2650. The Balaban J connectivity index is 0.604. The van der Waals surface area contributed by atoms with Gasteiger partial charge in [0.15, 0.2) is 0 Å². The highest BCUT2D eigenvalue weighted by molar-refractivity contribution is 6.35. The fourth-order valence-corrected chi connectivity index (χ4v) is 15.2. The van der Waals surface area contributed by atoms with Crippen LogP contribution in [0, 0.1) is 5.41 Å². The molecule has 4 saturated heterocycles. The van der Waals surface area contributed by atoms with Crippen molar-refractivity contribution in [2.24, 2.45) is 5.41 Å². The number of imide groups is 1. The van der Waals surface area contributed by atoms with Crippen LogP contribution in [-0.2, 0) is 27.0 Å². The molecule has 13 heteroatoms. The smallest absolute Gasteiger partial charge is 0.282 e. The monoisotopic (exact) mass is 897 g/mol. The lowest BCUT2D eigenvalue weighted by Gasteiger charge is -2.57. The number of nitrogens with zero attached hydrogens (tertiary/aromatic N) is 6. The molecule has 3 spiro atoms. The van der Waals surface area contributed by atoms with Crippen LogP contribution < -0.4 is 15.6 Å². The van der Waals surface area contributed by atoms with Crippen molar-refractivity contribution in [3.05, 3.63) is 85.9 Å². The topological polar surface area (TPSA) is 120 Å². The number of benzene rings is 2. The molecule has 2 atom stereocenters. The van der Waals surface area contributed by atoms with Gasteiger partial charge in [-0.3, -0.25) is 34.0 Å². The molecule has 13 rings (SSSR count). The van der Waals surface area contributed by atoms with E-state index in [-0.39, 0.29) is 40.5 Å². The number of halogens is 1. The van der Waals surface area contributed by atoms with Gasteiger partial charge in [-0.25, -0.2) is 0 Å². The van der Waals surface area contributed by atoms with Crippen LogP contribution in [-0.4, -0.2) is 117 Å². The second-order valence-corrected chi connectivity index (χ2v) is 22.1. The first-order valence-corrected chi connectivity index (χ1v) is 25.3. The van der Waals surface area contributed by atoms with Crippen molar-refractivity contribution >= 4 is 45.9 Å². The van der Waals surface area contributed by atoms with E-state index >= 15 is 0 Å². The minimum Gasteiger partial charge on any atom is -0.492 e. The summed E-state index contributed by atoms with van der Waals surface area (Å²) in [5.41, 5.74) is 6.55. The maximum absolute atomic E-state index is 13.5. The molecule has 0 bridgehead atoms. The number of nitrogens with one attached hydrogen (secondary N) is 1. The molecule has 12 nitrogen and oxygen atoms in total. The van der Waals surface area contributed by atoms with E-state index in [4.69, 9.17) is 21.3 Å². The molecule has 2 saturated carbocycles. The number of piperidine rings is 4. The Morgan fingerprint density at radius 3 is 2.32 bits per heavy atom. The fraction of sp³-hybridized carbons (Fsp3) is 0.596. The molecule has 1 aromatic heterocycles. The van der Waals surface area contributed by atoms with Crippen molar-refractivity contribution in [1.82, 2.24) is 34.5 Å². The molecule has 1 N–H and O–H groups in total. The number of hydrogen-bond donors (Lipinski definition) is 1. The Hall–Kier alpha value is -4.36. The Morgan fingerprint density at radius 1 is 0.800 bits per heavy atom. The molecular weight excluding hydrogens is 838 g/mol. The van der Waals surface area contributed by atoms with Crippen LogP contribution in [0.25, 0.3) is 16.6 Å². The average Bonchev–Trinajstić information content (AvgIpc) is 3.93. The molecular formula is C52H60ClN7O5. The van der Waals surface area contributed by atoms with E-state index in [1.807, 2.05) is 18.2 Å². The van der Waals surface area contributed by atoms with Crippen LogP contribution in [0.5, 0.6) is 5.75 Å². The van der Waals surface area contributed by atoms with E-state index < -0.39 is 6.04 Å². The Morgan fingerprint density at radius 2 is 1.55 bits per heavy atom. The van der Waals surface area contributed by atoms with Gasteiger partial charge >= 0.3 is 0 Å². The molecule has 340 valence electrons. The minimum absolute atomic E-state index is 0.0222. The standard InChI is InChI=1S/C52H60ClN7O5/c53-39-5-4-6-41-44(39)47(63)55-49-52(15-2-1-3-16-52)38-27-33(7-10-40(38)60(41)49)56-21-13-32(14-22-56)57-23-17-50(18-24-57)28-34(29-50)58-25-19-51(20-26-58)31-65-45-36-30-59(42-11-12-43(61)54-46(42)62)48(64)35(36)8-9-37(45)51/h4-10,32-34,42H,1-3,11-31H2,(H,54,61,62)/t33?,42-/m0/s1. The van der Waals surface area contributed by atoms with Gasteiger partial charge in [-0.1, -0.05) is 49.1 Å². The second-order valence-electron chi connectivity index (χ2n) is 21.7. The molecule has 0 radical (unpaired) electrons. The SMILES string of the molecule is O=C1CC[C@H](N2Cc3c(ccc4c3OCC43CCN(C4CC5(CCN(C6CCN(C7C=CC8=C(C7)C7(CCCCC7)c7nc(=O)c9c(Cl)cccc9n78)CC6)CC5)C4)CC3)C2=O)C(=O)N1. The minimum atomic E-state index is -0.616. The van der Waals surface area contributed by atoms with Gasteiger partial charge in [0.1, 0.15) is 17.6 Å². The van der Waals surface area contributed by atoms with Crippen LogP contribution in [0.4, 0.5) is 0 Å². The molecule has 2 aromatic carbocycles. The van der Waals surface area contributed by atoms with E-state index in [2.05, 4.69) is 42.8 Å². The zero-order valence-corrected chi connectivity index (χ0v) is 38.2. The van der Waals surface area contributed by atoms with Crippen LogP contribution in [0.1, 0.15) is 130 Å². The summed E-state index contributed by atoms with van der Waals surface area (Å²) in [4.78, 5) is 66.2. The number of likely N-dealkylation sites (tertiary alicyclic amines) is 3. The van der Waals surface area contributed by atoms with Crippen molar-refractivity contribution in [2.75, 3.05) is 45.9 Å². The molecule has 10 aliphatic rings. The molecule has 3 aromatic rings. The number of ether oxygens (including phenoxy) is 1. The summed E-state index contributed by atoms with van der Waals surface area (Å²) in [5.74, 6) is 1.03. The maximum Gasteiger partial charge on any atom is 0.282 e. The summed E-state index contributed by atoms with van der Waals surface area (Å²) >= 11 is 6.61. The number of aromatic nitrogens is 2. The molecule has 3 amide bonds. The zero-order chi connectivity index (χ0) is 43.8. The van der Waals surface area contributed by atoms with Gasteiger partial charge in [0.25, 0.3) is 11.5 Å². The number of carbonyl (C=O) groups excluding carboxylic acids is 3. The third-order valence-electron chi connectivity index (χ3n) is 18.7. The number of hydrogen-bond acceptors (Lipinski definition) is 9. The highest BCUT2D eigenvalue weighted by Gasteiger charge is 2.53. The third-order valence-corrected chi connectivity index (χ3v) is 19.0. The van der Waals surface area contributed by atoms with E-state index in [0.29, 0.717) is 59.1 Å². The summed E-state index contributed by atoms with van der Waals surface area (Å²) in [6.45, 7) is 7.90. The highest BCUT2D eigenvalue weighted by Crippen LogP contribution is 2.56. The normalized spacial score (nSPS) is 28.8. The summed E-state index contributed by atoms with van der Waals surface area (Å²) in [5, 5.41) is 3.43. The fourth-order valence-electron chi connectivity index (χ4n) is 15.0. The van der Waals surface area contributed by atoms with Crippen molar-refractivity contribution in [2.45, 2.75) is 144 Å². The molecule has 8 heterocycles. The van der Waals surface area contributed by atoms with Crippen LogP contribution in [0.3, 0.4) is 0 Å². The molecule has 6 fully saturated rings. The first-order valence-electron chi connectivity index (χ1n) is 24.9. The van der Waals surface area contributed by atoms with Crippen LogP contribution in [0.2, 0.25) is 5.02 Å². The van der Waals surface area contributed by atoms with Gasteiger partial charge in [0.05, 0.1) is 34.5 Å². The summed E-state index contributed by atoms with van der Waals surface area (Å²) < 4.78 is 8.76. The molecule has 3 aliphatic carbocycles. The first-order chi connectivity index (χ1) is 31.6. The Kier molecular flexibility index (Phi) is 9.48. The van der Waals surface area contributed by atoms with Crippen LogP contribution >= 0.6 is 11.6 Å². The van der Waals surface area contributed by atoms with Gasteiger partial charge in [0.2, 0.25) is 11.8 Å². The number of rotatable bonds is 4. The Labute approximate surface area is 385 Å². The number of fused-ring (bicyclic) bond motifs is 10. The largest absolute Gasteiger partial charge is 0.492 e. The van der Waals surface area contributed by atoms with E-state index in [1.165, 1.54) is 87.7 Å². The molecule has 65 heavy (non-hydrogen) atoms. The maximum atomic E-state index is 13.5. The summed E-state index contributed by atoms with van der Waals surface area (Å²) in [7, 11) is 0. The van der Waals surface area contributed by atoms with Crippen molar-refractivity contribution in [3.63, 3.8) is 0 Å². The molecule has 7 aliphatic heterocycles. The summed E-state index contributed by atoms with van der Waals surface area (Å²) in [6, 6.07) is 11.0. The zero-order valence-electron chi connectivity index (χ0n) is 37.4. The predicted octanol–water partition coefficient (Wildman–Crippen LogP) is 6.70. The van der Waals surface area contributed by atoms with Gasteiger partial charge < -0.3 is 19.4 Å². The van der Waals surface area contributed by atoms with E-state index in [0.717, 1.165) is 80.9 Å². The third kappa shape index (κ3) is 6.21. The quantitative estimate of drug-likeness (QED) is 0.286. The van der Waals surface area contributed by atoms with Crippen molar-refractivity contribution < 1.29 is 19.1 Å². The number of allylic oxidation sites excluding steroid dienone is 2. The van der Waals surface area contributed by atoms with Gasteiger partial charge in [0, 0.05) is 65.4 Å². The van der Waals surface area contributed by atoms with Crippen molar-refractivity contribution in [1.29, 1.82) is 0 Å². The van der Waals surface area contributed by atoms with E-state index in [1.54, 1.807) is 11.0 Å². The summed E-state index contributed by atoms with van der Waals surface area (Å²) in [6.07, 6.45) is 22.0.